The van der Waals surface area contributed by atoms with Gasteiger partial charge < -0.3 is 21.5 Å². The van der Waals surface area contributed by atoms with Crippen molar-refractivity contribution in [2.75, 3.05) is 26.7 Å². The van der Waals surface area contributed by atoms with Gasteiger partial charge in [-0.05, 0) is 30.4 Å². The van der Waals surface area contributed by atoms with E-state index in [9.17, 15) is 0 Å². The Morgan fingerprint density at radius 3 is 1.74 bits per heavy atom. The van der Waals surface area contributed by atoms with Crippen molar-refractivity contribution in [3.8, 4) is 0 Å². The third-order valence-electron chi connectivity index (χ3n) is 5.26. The first-order valence-corrected chi connectivity index (χ1v) is 8.70. The van der Waals surface area contributed by atoms with Gasteiger partial charge in [0.15, 0.2) is 0 Å². The van der Waals surface area contributed by atoms with Crippen molar-refractivity contribution in [2.45, 2.75) is 31.6 Å². The molecule has 0 unspecified atom stereocenters. The summed E-state index contributed by atoms with van der Waals surface area (Å²) in [5.74, 6) is 0.527. The molecule has 0 aromatic heterocycles. The molecule has 2 aromatic carbocycles. The molecule has 124 valence electrons. The zero-order chi connectivity index (χ0) is 15.3. The third kappa shape index (κ3) is 4.92. The van der Waals surface area contributed by atoms with Crippen molar-refractivity contribution in [1.82, 2.24) is 0 Å². The molecule has 1 aliphatic heterocycles. The van der Waals surface area contributed by atoms with Crippen LogP contribution in [0.3, 0.4) is 0 Å². The van der Waals surface area contributed by atoms with Crippen molar-refractivity contribution in [3.63, 3.8) is 0 Å². The Labute approximate surface area is 151 Å². The molecule has 0 saturated carbocycles. The van der Waals surface area contributed by atoms with Crippen molar-refractivity contribution in [2.24, 2.45) is 0 Å². The van der Waals surface area contributed by atoms with Gasteiger partial charge in [-0.1, -0.05) is 60.7 Å². The fraction of sp³-hybridized carbons (Fsp3) is 0.429. The maximum atomic E-state index is 2.45. The van der Waals surface area contributed by atoms with Crippen LogP contribution < -0.4 is 17.0 Å². The number of likely N-dealkylation sites (tertiary alicyclic amines) is 1. The smallest absolute Gasteiger partial charge is 0.0793 e. The van der Waals surface area contributed by atoms with Gasteiger partial charge in [-0.15, -0.1) is 0 Å². The topological polar surface area (TPSA) is 0 Å². The Bertz CT molecular complexity index is 521. The van der Waals surface area contributed by atoms with Crippen molar-refractivity contribution >= 4 is 0 Å². The van der Waals surface area contributed by atoms with Gasteiger partial charge in [-0.25, -0.2) is 0 Å². The summed E-state index contributed by atoms with van der Waals surface area (Å²) in [6.45, 7) is 4.00. The Balaban J connectivity index is 0.00000192. The molecular weight excluding hydrogens is 346 g/mol. The maximum Gasteiger partial charge on any atom is 0.0793 e. The SMILES string of the molecule is C[N+]1(CCC(c2ccccc2)c2ccccc2)CCCCC1.[Br-]. The summed E-state index contributed by atoms with van der Waals surface area (Å²) in [5.41, 5.74) is 2.91. The summed E-state index contributed by atoms with van der Waals surface area (Å²) < 4.78 is 1.26. The normalized spacial score (nSPS) is 16.8. The van der Waals surface area contributed by atoms with E-state index < -0.39 is 0 Å². The first-order valence-electron chi connectivity index (χ1n) is 8.70. The minimum Gasteiger partial charge on any atom is -1.00 e. The lowest BCUT2D eigenvalue weighted by Gasteiger charge is -2.38. The number of quaternary nitrogens is 1. The number of nitrogens with zero attached hydrogens (tertiary/aromatic N) is 1. The molecule has 0 atom stereocenters. The molecule has 1 heterocycles. The highest BCUT2D eigenvalue weighted by molar-refractivity contribution is 5.32. The number of hydrogen-bond donors (Lipinski definition) is 0. The van der Waals surface area contributed by atoms with Crippen LogP contribution >= 0.6 is 0 Å². The highest BCUT2D eigenvalue weighted by Crippen LogP contribution is 2.29. The zero-order valence-corrected chi connectivity index (χ0v) is 15.7. The quantitative estimate of drug-likeness (QED) is 0.701. The molecule has 1 nitrogen and oxygen atoms in total. The summed E-state index contributed by atoms with van der Waals surface area (Å²) >= 11 is 0. The molecule has 2 heteroatoms. The van der Waals surface area contributed by atoms with Gasteiger partial charge in [0.05, 0.1) is 26.7 Å². The number of halogens is 1. The lowest BCUT2D eigenvalue weighted by Crippen LogP contribution is -3.00. The molecule has 0 bridgehead atoms. The van der Waals surface area contributed by atoms with Crippen LogP contribution in [0.4, 0.5) is 0 Å². The molecule has 2 aromatic rings. The van der Waals surface area contributed by atoms with Gasteiger partial charge in [-0.2, -0.15) is 0 Å². The third-order valence-corrected chi connectivity index (χ3v) is 5.26. The molecule has 1 fully saturated rings. The zero-order valence-electron chi connectivity index (χ0n) is 14.1. The van der Waals surface area contributed by atoms with Gasteiger partial charge >= 0.3 is 0 Å². The second kappa shape index (κ2) is 8.65. The molecule has 1 aliphatic rings. The number of piperidine rings is 1. The van der Waals surface area contributed by atoms with E-state index >= 15 is 0 Å². The van der Waals surface area contributed by atoms with E-state index in [1.54, 1.807) is 0 Å². The van der Waals surface area contributed by atoms with Crippen LogP contribution in [0.2, 0.25) is 0 Å². The Morgan fingerprint density at radius 2 is 1.26 bits per heavy atom. The van der Waals surface area contributed by atoms with Gasteiger partial charge in [0.25, 0.3) is 0 Å². The van der Waals surface area contributed by atoms with Gasteiger partial charge in [0, 0.05) is 12.3 Å². The van der Waals surface area contributed by atoms with Crippen LogP contribution in [0.5, 0.6) is 0 Å². The summed E-state index contributed by atoms with van der Waals surface area (Å²) in [6.07, 6.45) is 5.47. The Kier molecular flexibility index (Phi) is 6.86. The molecule has 1 saturated heterocycles. The van der Waals surface area contributed by atoms with Crippen LogP contribution in [-0.2, 0) is 0 Å². The van der Waals surface area contributed by atoms with Gasteiger partial charge in [0.2, 0.25) is 0 Å². The predicted molar refractivity (Wildman–Crippen MR) is 94.0 cm³/mol. The average Bonchev–Trinajstić information content (AvgIpc) is 2.58. The first-order chi connectivity index (χ1) is 10.8. The number of benzene rings is 2. The largest absolute Gasteiger partial charge is 1.00 e. The number of rotatable bonds is 5. The summed E-state index contributed by atoms with van der Waals surface area (Å²) in [4.78, 5) is 0. The molecular formula is C21H28BrN. The van der Waals surface area contributed by atoms with Crippen LogP contribution in [0.15, 0.2) is 60.7 Å². The van der Waals surface area contributed by atoms with Crippen molar-refractivity contribution < 1.29 is 21.5 Å². The van der Waals surface area contributed by atoms with E-state index in [-0.39, 0.29) is 17.0 Å². The molecule has 0 aliphatic carbocycles. The van der Waals surface area contributed by atoms with E-state index in [2.05, 4.69) is 67.7 Å². The summed E-state index contributed by atoms with van der Waals surface area (Å²) in [5, 5.41) is 0. The lowest BCUT2D eigenvalue weighted by molar-refractivity contribution is -0.914. The Morgan fingerprint density at radius 1 is 0.783 bits per heavy atom. The van der Waals surface area contributed by atoms with Crippen LogP contribution in [0.1, 0.15) is 42.7 Å². The van der Waals surface area contributed by atoms with Crippen LogP contribution in [0.25, 0.3) is 0 Å². The van der Waals surface area contributed by atoms with E-state index in [4.69, 9.17) is 0 Å². The summed E-state index contributed by atoms with van der Waals surface area (Å²) in [7, 11) is 2.45. The molecule has 23 heavy (non-hydrogen) atoms. The molecule has 3 rings (SSSR count). The van der Waals surface area contributed by atoms with E-state index in [1.807, 2.05) is 0 Å². The maximum absolute atomic E-state index is 2.45. The summed E-state index contributed by atoms with van der Waals surface area (Å²) in [6, 6.07) is 22.0. The van der Waals surface area contributed by atoms with Crippen molar-refractivity contribution in [3.05, 3.63) is 71.8 Å². The molecule has 0 spiro atoms. The van der Waals surface area contributed by atoms with E-state index in [1.165, 1.54) is 60.9 Å². The van der Waals surface area contributed by atoms with Gasteiger partial charge in [-0.3, -0.25) is 0 Å². The van der Waals surface area contributed by atoms with Crippen LogP contribution in [-0.4, -0.2) is 31.2 Å². The monoisotopic (exact) mass is 373 g/mol. The fourth-order valence-electron chi connectivity index (χ4n) is 3.84. The standard InChI is InChI=1S/C21H28N.BrH/c1-22(16-9-4-10-17-22)18-15-21(19-11-5-2-6-12-19)20-13-7-3-8-14-20;/h2-3,5-8,11-14,21H,4,9-10,15-18H2,1H3;1H/q+1;/p-1. The highest BCUT2D eigenvalue weighted by atomic mass is 79.9. The first kappa shape index (κ1) is 18.2. The second-order valence-electron chi connectivity index (χ2n) is 7.01. The highest BCUT2D eigenvalue weighted by Gasteiger charge is 2.26. The average molecular weight is 374 g/mol. The predicted octanol–water partition coefficient (Wildman–Crippen LogP) is 1.84. The second-order valence-corrected chi connectivity index (χ2v) is 7.01. The van der Waals surface area contributed by atoms with Crippen molar-refractivity contribution in [1.29, 1.82) is 0 Å². The number of hydrogen-bond acceptors (Lipinski definition) is 0. The van der Waals surface area contributed by atoms with Gasteiger partial charge in [0.1, 0.15) is 0 Å². The Hall–Kier alpha value is -1.12. The fourth-order valence-corrected chi connectivity index (χ4v) is 3.84. The molecule has 0 amide bonds. The molecule has 0 radical (unpaired) electrons. The molecule has 0 N–H and O–H groups in total. The van der Waals surface area contributed by atoms with E-state index in [0.717, 1.165) is 0 Å². The lowest BCUT2D eigenvalue weighted by atomic mass is 9.88. The van der Waals surface area contributed by atoms with E-state index in [0.29, 0.717) is 5.92 Å². The van der Waals surface area contributed by atoms with Crippen LogP contribution in [0, 0.1) is 0 Å². The minimum atomic E-state index is 0. The minimum absolute atomic E-state index is 0.